The number of nitro benzene ring substituents is 1. The largest absolute Gasteiger partial charge is 0.465 e. The van der Waals surface area contributed by atoms with Crippen LogP contribution in [-0.2, 0) is 9.47 Å². The molecule has 1 aromatic carbocycles. The van der Waals surface area contributed by atoms with E-state index in [0.717, 1.165) is 6.07 Å². The third-order valence-corrected chi connectivity index (χ3v) is 2.72. The molecule has 0 saturated heterocycles. The highest BCUT2D eigenvalue weighted by molar-refractivity contribution is 5.97. The lowest BCUT2D eigenvalue weighted by Crippen LogP contribution is -2.16. The number of carbonyl (C=O) groups excluding carboxylic acids is 2. The molecule has 7 nitrogen and oxygen atoms in total. The fourth-order valence-electron chi connectivity index (χ4n) is 1.43. The third kappa shape index (κ3) is 3.53. The van der Waals surface area contributed by atoms with E-state index in [0.29, 0.717) is 6.42 Å². The summed E-state index contributed by atoms with van der Waals surface area (Å²) in [6.07, 6.45) is 0.252. The summed E-state index contributed by atoms with van der Waals surface area (Å²) < 4.78 is 9.52. The highest BCUT2D eigenvalue weighted by Crippen LogP contribution is 2.22. The van der Waals surface area contributed by atoms with Crippen LogP contribution in [-0.4, -0.2) is 30.1 Å². The normalized spacial score (nSPS) is 11.6. The van der Waals surface area contributed by atoms with Crippen molar-refractivity contribution in [2.24, 2.45) is 0 Å². The van der Waals surface area contributed by atoms with Crippen LogP contribution in [0.4, 0.5) is 5.69 Å². The maximum Gasteiger partial charge on any atom is 0.345 e. The number of hydrogen-bond donors (Lipinski definition) is 0. The van der Waals surface area contributed by atoms with Crippen LogP contribution in [0.25, 0.3) is 0 Å². The lowest BCUT2D eigenvalue weighted by Gasteiger charge is -2.11. The van der Waals surface area contributed by atoms with Crippen molar-refractivity contribution in [3.8, 4) is 0 Å². The standard InChI is InChI=1S/C13H15NO6/c1-4-8(2)20-13(16)10-6-5-9(12(15)19-3)7-11(10)14(17)18/h5-8H,4H2,1-3H3. The Morgan fingerprint density at radius 2 is 2.00 bits per heavy atom. The van der Waals surface area contributed by atoms with Gasteiger partial charge in [-0.25, -0.2) is 9.59 Å². The minimum Gasteiger partial charge on any atom is -0.465 e. The molecule has 0 saturated carbocycles. The number of carbonyl (C=O) groups is 2. The molecule has 1 atom stereocenters. The minimum absolute atomic E-state index is 0.000657. The van der Waals surface area contributed by atoms with Gasteiger partial charge in [0.15, 0.2) is 0 Å². The van der Waals surface area contributed by atoms with Gasteiger partial charge in [0.25, 0.3) is 5.69 Å². The predicted molar refractivity (Wildman–Crippen MR) is 69.6 cm³/mol. The fourth-order valence-corrected chi connectivity index (χ4v) is 1.43. The molecule has 0 amide bonds. The van der Waals surface area contributed by atoms with Crippen molar-refractivity contribution < 1.29 is 24.0 Å². The molecule has 0 fully saturated rings. The van der Waals surface area contributed by atoms with Crippen LogP contribution in [0.3, 0.4) is 0 Å². The molecule has 0 aliphatic heterocycles. The second kappa shape index (κ2) is 6.65. The summed E-state index contributed by atoms with van der Waals surface area (Å²) in [6.45, 7) is 3.51. The molecular weight excluding hydrogens is 266 g/mol. The molecule has 0 aliphatic rings. The van der Waals surface area contributed by atoms with E-state index >= 15 is 0 Å². The summed E-state index contributed by atoms with van der Waals surface area (Å²) in [7, 11) is 1.17. The molecule has 0 bridgehead atoms. The number of methoxy groups -OCH3 is 1. The Labute approximate surface area is 115 Å². The first-order chi connectivity index (χ1) is 9.40. The molecule has 1 rings (SSSR count). The zero-order chi connectivity index (χ0) is 15.3. The van der Waals surface area contributed by atoms with E-state index < -0.39 is 22.5 Å². The van der Waals surface area contributed by atoms with Gasteiger partial charge in [0.2, 0.25) is 0 Å². The molecule has 7 heteroatoms. The van der Waals surface area contributed by atoms with Crippen LogP contribution >= 0.6 is 0 Å². The summed E-state index contributed by atoms with van der Waals surface area (Å²) in [5, 5.41) is 11.0. The number of nitrogens with zero attached hydrogens (tertiary/aromatic N) is 1. The van der Waals surface area contributed by atoms with E-state index in [1.807, 2.05) is 6.92 Å². The Balaban J connectivity index is 3.17. The number of hydrogen-bond acceptors (Lipinski definition) is 6. The molecule has 0 aliphatic carbocycles. The zero-order valence-corrected chi connectivity index (χ0v) is 11.4. The Bertz CT molecular complexity index is 540. The van der Waals surface area contributed by atoms with Crippen molar-refractivity contribution in [2.45, 2.75) is 26.4 Å². The Morgan fingerprint density at radius 1 is 1.35 bits per heavy atom. The van der Waals surface area contributed by atoms with Crippen LogP contribution in [0.1, 0.15) is 41.0 Å². The van der Waals surface area contributed by atoms with Crippen LogP contribution in [0, 0.1) is 10.1 Å². The van der Waals surface area contributed by atoms with Crippen LogP contribution < -0.4 is 0 Å². The lowest BCUT2D eigenvalue weighted by atomic mass is 10.1. The lowest BCUT2D eigenvalue weighted by molar-refractivity contribution is -0.385. The first-order valence-corrected chi connectivity index (χ1v) is 5.98. The number of rotatable bonds is 5. The number of nitro groups is 1. The van der Waals surface area contributed by atoms with E-state index in [1.54, 1.807) is 6.92 Å². The van der Waals surface area contributed by atoms with Gasteiger partial charge in [0.1, 0.15) is 5.56 Å². The van der Waals surface area contributed by atoms with Gasteiger partial charge in [-0.15, -0.1) is 0 Å². The second-order valence-electron chi connectivity index (χ2n) is 4.10. The van der Waals surface area contributed by atoms with Gasteiger partial charge in [0, 0.05) is 6.07 Å². The van der Waals surface area contributed by atoms with Gasteiger partial charge in [0.05, 0.1) is 23.7 Å². The van der Waals surface area contributed by atoms with Crippen LogP contribution in [0.5, 0.6) is 0 Å². The van der Waals surface area contributed by atoms with E-state index in [2.05, 4.69) is 4.74 Å². The SMILES string of the molecule is CCC(C)OC(=O)c1ccc(C(=O)OC)cc1[N+](=O)[O-]. The smallest absolute Gasteiger partial charge is 0.345 e. The predicted octanol–water partition coefficient (Wildman–Crippen LogP) is 2.34. The Kier molecular flexibility index (Phi) is 5.19. The van der Waals surface area contributed by atoms with Gasteiger partial charge in [-0.05, 0) is 25.5 Å². The monoisotopic (exact) mass is 281 g/mol. The molecule has 0 spiro atoms. The average molecular weight is 281 g/mol. The highest BCUT2D eigenvalue weighted by Gasteiger charge is 2.24. The first-order valence-electron chi connectivity index (χ1n) is 5.98. The van der Waals surface area contributed by atoms with E-state index in [1.165, 1.54) is 19.2 Å². The molecular formula is C13H15NO6. The Morgan fingerprint density at radius 3 is 2.50 bits per heavy atom. The Hall–Kier alpha value is -2.44. The van der Waals surface area contributed by atoms with Crippen molar-refractivity contribution >= 4 is 17.6 Å². The maximum absolute atomic E-state index is 11.8. The maximum atomic E-state index is 11.8. The van der Waals surface area contributed by atoms with E-state index in [4.69, 9.17) is 4.74 Å². The molecule has 0 radical (unpaired) electrons. The molecule has 0 N–H and O–H groups in total. The minimum atomic E-state index is -0.789. The van der Waals surface area contributed by atoms with Gasteiger partial charge < -0.3 is 9.47 Å². The number of ether oxygens (including phenoxy) is 2. The van der Waals surface area contributed by atoms with E-state index in [9.17, 15) is 19.7 Å². The van der Waals surface area contributed by atoms with Crippen molar-refractivity contribution in [1.29, 1.82) is 0 Å². The number of esters is 2. The fraction of sp³-hybridized carbons (Fsp3) is 0.385. The zero-order valence-electron chi connectivity index (χ0n) is 11.4. The molecule has 1 unspecified atom stereocenters. The van der Waals surface area contributed by atoms with E-state index in [-0.39, 0.29) is 17.2 Å². The molecule has 0 heterocycles. The molecule has 1 aromatic rings. The molecule has 0 aromatic heterocycles. The third-order valence-electron chi connectivity index (χ3n) is 2.72. The van der Waals surface area contributed by atoms with Crippen LogP contribution in [0.15, 0.2) is 18.2 Å². The molecule has 20 heavy (non-hydrogen) atoms. The van der Waals surface area contributed by atoms with Crippen molar-refractivity contribution in [1.82, 2.24) is 0 Å². The van der Waals surface area contributed by atoms with Crippen molar-refractivity contribution in [3.05, 3.63) is 39.4 Å². The topological polar surface area (TPSA) is 95.7 Å². The van der Waals surface area contributed by atoms with Gasteiger partial charge >= 0.3 is 11.9 Å². The summed E-state index contributed by atoms with van der Waals surface area (Å²) in [5.74, 6) is -1.50. The summed E-state index contributed by atoms with van der Waals surface area (Å²) in [6, 6.07) is 3.47. The average Bonchev–Trinajstić information content (AvgIpc) is 2.45. The van der Waals surface area contributed by atoms with Gasteiger partial charge in [-0.1, -0.05) is 6.92 Å². The van der Waals surface area contributed by atoms with Gasteiger partial charge in [-0.2, -0.15) is 0 Å². The highest BCUT2D eigenvalue weighted by atomic mass is 16.6. The van der Waals surface area contributed by atoms with Crippen molar-refractivity contribution in [3.63, 3.8) is 0 Å². The van der Waals surface area contributed by atoms with Crippen LogP contribution in [0.2, 0.25) is 0 Å². The summed E-state index contributed by atoms with van der Waals surface area (Å²) in [4.78, 5) is 33.4. The summed E-state index contributed by atoms with van der Waals surface area (Å²) in [5.41, 5.74) is -0.677. The summed E-state index contributed by atoms with van der Waals surface area (Å²) >= 11 is 0. The van der Waals surface area contributed by atoms with Gasteiger partial charge in [-0.3, -0.25) is 10.1 Å². The second-order valence-corrected chi connectivity index (χ2v) is 4.10. The van der Waals surface area contributed by atoms with Crippen molar-refractivity contribution in [2.75, 3.05) is 7.11 Å². The quantitative estimate of drug-likeness (QED) is 0.467. The molecule has 108 valence electrons. The number of benzene rings is 1. The first kappa shape index (κ1) is 15.6.